The molecule has 1 aromatic rings. The summed E-state index contributed by atoms with van der Waals surface area (Å²) in [7, 11) is 1.70. The van der Waals surface area contributed by atoms with Gasteiger partial charge >= 0.3 is 0 Å². The molecule has 10 heavy (non-hydrogen) atoms. The second kappa shape index (κ2) is 2.77. The Hall–Kier alpha value is -0.930. The first-order valence-electron chi connectivity index (χ1n) is 3.29. The van der Waals surface area contributed by atoms with Crippen LogP contribution in [-0.4, -0.2) is 15.0 Å². The van der Waals surface area contributed by atoms with Crippen LogP contribution in [0.3, 0.4) is 0 Å². The van der Waals surface area contributed by atoms with E-state index >= 15 is 0 Å². The molecular weight excluding hydrogens is 133 g/mol. The predicted molar refractivity (Wildman–Crippen MR) is 35.0 cm³/mol. The second-order valence-corrected chi connectivity index (χ2v) is 2.20. The van der Waals surface area contributed by atoms with Crippen molar-refractivity contribution in [2.75, 3.05) is 0 Å². The van der Waals surface area contributed by atoms with Gasteiger partial charge in [0, 0.05) is 7.05 Å². The molecule has 0 aromatic carbocycles. The van der Waals surface area contributed by atoms with E-state index in [0.717, 1.165) is 6.42 Å². The van der Waals surface area contributed by atoms with Crippen molar-refractivity contribution in [1.82, 2.24) is 15.0 Å². The molecule has 0 fully saturated rings. The molecule has 0 saturated heterocycles. The number of hydrogen-bond acceptors (Lipinski definition) is 2. The van der Waals surface area contributed by atoms with Crippen molar-refractivity contribution in [3.05, 3.63) is 11.6 Å². The summed E-state index contributed by atoms with van der Waals surface area (Å²) >= 11 is 0. The molecule has 4 heteroatoms. The van der Waals surface area contributed by atoms with Gasteiger partial charge in [-0.2, -0.15) is 4.39 Å². The smallest absolute Gasteiger partial charge is 0.249 e. The van der Waals surface area contributed by atoms with Crippen LogP contribution in [0.5, 0.6) is 0 Å². The highest BCUT2D eigenvalue weighted by Crippen LogP contribution is 2.03. The third-order valence-corrected chi connectivity index (χ3v) is 1.38. The molecule has 0 radical (unpaired) electrons. The van der Waals surface area contributed by atoms with Gasteiger partial charge in [0.1, 0.15) is 0 Å². The Kier molecular flexibility index (Phi) is 1.99. The molecular formula is C6H10FN3. The van der Waals surface area contributed by atoms with Crippen LogP contribution in [0, 0.1) is 5.95 Å². The lowest BCUT2D eigenvalue weighted by Crippen LogP contribution is -1.98. The number of aromatic nitrogens is 3. The molecule has 1 heterocycles. The normalized spacial score (nSPS) is 10.3. The zero-order valence-electron chi connectivity index (χ0n) is 6.13. The summed E-state index contributed by atoms with van der Waals surface area (Å²) in [4.78, 5) is 0. The predicted octanol–water partition coefficient (Wildman–Crippen LogP) is 0.907. The molecule has 56 valence electrons. The van der Waals surface area contributed by atoms with Gasteiger partial charge in [-0.15, -0.1) is 0 Å². The van der Waals surface area contributed by atoms with Crippen molar-refractivity contribution in [3.8, 4) is 0 Å². The molecule has 3 nitrogen and oxygen atoms in total. The van der Waals surface area contributed by atoms with E-state index in [9.17, 15) is 4.39 Å². The van der Waals surface area contributed by atoms with E-state index in [1.54, 1.807) is 7.05 Å². The van der Waals surface area contributed by atoms with Gasteiger partial charge in [-0.05, 0) is 6.42 Å². The Bertz CT molecular complexity index is 199. The number of halogens is 1. The lowest BCUT2D eigenvalue weighted by molar-refractivity contribution is 0.563. The van der Waals surface area contributed by atoms with E-state index in [2.05, 4.69) is 10.3 Å². The number of nitrogens with zero attached hydrogens (tertiary/aromatic N) is 3. The fourth-order valence-electron chi connectivity index (χ4n) is 0.853. The Balaban J connectivity index is 2.87. The zero-order valence-corrected chi connectivity index (χ0v) is 6.13. The fourth-order valence-corrected chi connectivity index (χ4v) is 0.853. The highest BCUT2D eigenvalue weighted by Gasteiger charge is 2.06. The number of hydrogen-bond donors (Lipinski definition) is 0. The SMILES string of the molecule is CCCc1c(F)nnn1C. The van der Waals surface area contributed by atoms with Crippen LogP contribution < -0.4 is 0 Å². The Labute approximate surface area is 58.9 Å². The van der Waals surface area contributed by atoms with E-state index in [1.165, 1.54) is 4.68 Å². The van der Waals surface area contributed by atoms with Crippen LogP contribution in [0.2, 0.25) is 0 Å². The third kappa shape index (κ3) is 1.15. The largest absolute Gasteiger partial charge is 0.255 e. The van der Waals surface area contributed by atoms with E-state index in [-0.39, 0.29) is 0 Å². The lowest BCUT2D eigenvalue weighted by atomic mass is 10.3. The molecule has 0 bridgehead atoms. The number of aryl methyl sites for hydroxylation is 1. The summed E-state index contributed by atoms with van der Waals surface area (Å²) in [6.45, 7) is 1.99. The van der Waals surface area contributed by atoms with Crippen LogP contribution in [0.4, 0.5) is 4.39 Å². The van der Waals surface area contributed by atoms with E-state index in [1.807, 2.05) is 6.92 Å². The molecule has 0 saturated carbocycles. The topological polar surface area (TPSA) is 30.7 Å². The van der Waals surface area contributed by atoms with Crippen molar-refractivity contribution >= 4 is 0 Å². The molecule has 1 rings (SSSR count). The van der Waals surface area contributed by atoms with Crippen LogP contribution in [0.25, 0.3) is 0 Å². The Morgan fingerprint density at radius 1 is 1.60 bits per heavy atom. The third-order valence-electron chi connectivity index (χ3n) is 1.38. The molecule has 0 unspecified atom stereocenters. The van der Waals surface area contributed by atoms with Gasteiger partial charge < -0.3 is 0 Å². The average molecular weight is 143 g/mol. The van der Waals surface area contributed by atoms with Crippen molar-refractivity contribution < 1.29 is 4.39 Å². The van der Waals surface area contributed by atoms with Crippen LogP contribution >= 0.6 is 0 Å². The van der Waals surface area contributed by atoms with Gasteiger partial charge in [0.15, 0.2) is 0 Å². The average Bonchev–Trinajstić information content (AvgIpc) is 2.20. The molecule has 0 atom stereocenters. The minimum absolute atomic E-state index is 0.440. The fraction of sp³-hybridized carbons (Fsp3) is 0.667. The van der Waals surface area contributed by atoms with Gasteiger partial charge in [-0.3, -0.25) is 0 Å². The first-order valence-corrected chi connectivity index (χ1v) is 3.29. The van der Waals surface area contributed by atoms with Crippen molar-refractivity contribution in [2.45, 2.75) is 19.8 Å². The molecule has 0 aliphatic rings. The van der Waals surface area contributed by atoms with E-state index in [4.69, 9.17) is 0 Å². The molecule has 0 N–H and O–H groups in total. The first-order chi connectivity index (χ1) is 4.75. The molecule has 0 aliphatic carbocycles. The summed E-state index contributed by atoms with van der Waals surface area (Å²) in [5, 5.41) is 6.81. The maximum Gasteiger partial charge on any atom is 0.255 e. The van der Waals surface area contributed by atoms with Crippen LogP contribution in [0.1, 0.15) is 19.0 Å². The summed E-state index contributed by atoms with van der Waals surface area (Å²) in [5.41, 5.74) is 0.586. The minimum atomic E-state index is -0.440. The van der Waals surface area contributed by atoms with Crippen molar-refractivity contribution in [1.29, 1.82) is 0 Å². The van der Waals surface area contributed by atoms with Gasteiger partial charge in [-0.1, -0.05) is 23.7 Å². The van der Waals surface area contributed by atoms with Gasteiger partial charge in [-0.25, -0.2) is 4.68 Å². The maximum absolute atomic E-state index is 12.6. The van der Waals surface area contributed by atoms with E-state index < -0.39 is 5.95 Å². The first kappa shape index (κ1) is 7.18. The highest BCUT2D eigenvalue weighted by molar-refractivity contribution is 4.95. The zero-order chi connectivity index (χ0) is 7.56. The van der Waals surface area contributed by atoms with Crippen molar-refractivity contribution in [3.63, 3.8) is 0 Å². The number of rotatable bonds is 2. The summed E-state index contributed by atoms with van der Waals surface area (Å²) < 4.78 is 14.1. The monoisotopic (exact) mass is 143 g/mol. The molecule has 0 aliphatic heterocycles. The van der Waals surface area contributed by atoms with Crippen LogP contribution in [-0.2, 0) is 13.5 Å². The molecule has 0 spiro atoms. The minimum Gasteiger partial charge on any atom is -0.249 e. The highest BCUT2D eigenvalue weighted by atomic mass is 19.1. The summed E-state index contributed by atoms with van der Waals surface area (Å²) in [6, 6.07) is 0. The lowest BCUT2D eigenvalue weighted by Gasteiger charge is -1.94. The quantitative estimate of drug-likeness (QED) is 0.616. The Morgan fingerprint density at radius 3 is 2.70 bits per heavy atom. The molecule has 1 aromatic heterocycles. The van der Waals surface area contributed by atoms with Gasteiger partial charge in [0.05, 0.1) is 5.69 Å². The van der Waals surface area contributed by atoms with Gasteiger partial charge in [0.25, 0.3) is 5.95 Å². The molecule has 0 amide bonds. The summed E-state index contributed by atoms with van der Waals surface area (Å²) in [5.74, 6) is -0.440. The second-order valence-electron chi connectivity index (χ2n) is 2.20. The standard InChI is InChI=1S/C6H10FN3/c1-3-4-5-6(7)8-9-10(5)2/h3-4H2,1-2H3. The summed E-state index contributed by atoms with van der Waals surface area (Å²) in [6.07, 6.45) is 1.62. The van der Waals surface area contributed by atoms with Gasteiger partial charge in [0.2, 0.25) is 0 Å². The Morgan fingerprint density at radius 2 is 2.30 bits per heavy atom. The van der Waals surface area contributed by atoms with Crippen molar-refractivity contribution in [2.24, 2.45) is 7.05 Å². The van der Waals surface area contributed by atoms with Crippen LogP contribution in [0.15, 0.2) is 0 Å². The van der Waals surface area contributed by atoms with E-state index in [0.29, 0.717) is 12.1 Å². The maximum atomic E-state index is 12.6.